The van der Waals surface area contributed by atoms with Crippen molar-refractivity contribution >= 4 is 34.2 Å². The minimum atomic E-state index is -0.315. The Kier molecular flexibility index (Phi) is 4.87. The molecule has 0 aliphatic carbocycles. The van der Waals surface area contributed by atoms with E-state index in [1.54, 1.807) is 13.8 Å². The number of halogens is 1. The van der Waals surface area contributed by atoms with Crippen LogP contribution in [0, 0.1) is 3.57 Å². The van der Waals surface area contributed by atoms with Gasteiger partial charge in [-0.15, -0.1) is 0 Å². The fraction of sp³-hybridized carbons (Fsp3) is 0.364. The van der Waals surface area contributed by atoms with Crippen LogP contribution in [-0.4, -0.2) is 18.6 Å². The molecule has 15 heavy (non-hydrogen) atoms. The quantitative estimate of drug-likeness (QED) is 0.685. The number of ether oxygens (including phenoxy) is 1. The fourth-order valence-corrected chi connectivity index (χ4v) is 1.48. The van der Waals surface area contributed by atoms with Gasteiger partial charge in [-0.3, -0.25) is 0 Å². The van der Waals surface area contributed by atoms with Gasteiger partial charge in [-0.1, -0.05) is 0 Å². The smallest absolute Gasteiger partial charge is 0.328 e. The average molecular weight is 319 g/mol. The highest BCUT2D eigenvalue weighted by Crippen LogP contribution is 2.12. The van der Waals surface area contributed by atoms with E-state index < -0.39 is 0 Å². The maximum absolute atomic E-state index is 11.3. The van der Waals surface area contributed by atoms with Crippen LogP contribution in [0.1, 0.15) is 13.8 Å². The Balaban J connectivity index is 2.54. The largest absolute Gasteiger partial charge is 0.464 e. The van der Waals surface area contributed by atoms with E-state index in [2.05, 4.69) is 27.9 Å². The number of esters is 1. The molecule has 1 unspecified atom stereocenters. The van der Waals surface area contributed by atoms with Gasteiger partial charge in [0.1, 0.15) is 6.04 Å². The van der Waals surface area contributed by atoms with Crippen LogP contribution < -0.4 is 5.32 Å². The summed E-state index contributed by atoms with van der Waals surface area (Å²) < 4.78 is 6.07. The van der Waals surface area contributed by atoms with Gasteiger partial charge in [0.15, 0.2) is 0 Å². The molecule has 0 aromatic heterocycles. The molecule has 0 fully saturated rings. The van der Waals surface area contributed by atoms with Crippen LogP contribution in [0.3, 0.4) is 0 Å². The molecule has 1 aromatic rings. The zero-order valence-electron chi connectivity index (χ0n) is 8.79. The van der Waals surface area contributed by atoms with E-state index in [1.807, 2.05) is 24.3 Å². The summed E-state index contributed by atoms with van der Waals surface area (Å²) >= 11 is 2.24. The Bertz CT molecular complexity index is 324. The summed E-state index contributed by atoms with van der Waals surface area (Å²) in [6.07, 6.45) is 0. The van der Waals surface area contributed by atoms with Crippen molar-refractivity contribution in [3.05, 3.63) is 27.8 Å². The second kappa shape index (κ2) is 5.95. The third-order valence-electron chi connectivity index (χ3n) is 1.87. The highest BCUT2D eigenvalue weighted by molar-refractivity contribution is 14.1. The van der Waals surface area contributed by atoms with Gasteiger partial charge in [-0.2, -0.15) is 0 Å². The first-order chi connectivity index (χ1) is 7.13. The van der Waals surface area contributed by atoms with Gasteiger partial charge in [0.25, 0.3) is 0 Å². The van der Waals surface area contributed by atoms with Crippen LogP contribution >= 0.6 is 22.6 Å². The predicted octanol–water partition coefficient (Wildman–Crippen LogP) is 2.65. The molecule has 1 aromatic carbocycles. The first kappa shape index (κ1) is 12.3. The predicted molar refractivity (Wildman–Crippen MR) is 68.9 cm³/mol. The van der Waals surface area contributed by atoms with Crippen molar-refractivity contribution < 1.29 is 9.53 Å². The summed E-state index contributed by atoms with van der Waals surface area (Å²) in [6.45, 7) is 4.00. The van der Waals surface area contributed by atoms with Crippen LogP contribution in [0.25, 0.3) is 0 Å². The van der Waals surface area contributed by atoms with Crippen LogP contribution in [-0.2, 0) is 9.53 Å². The Morgan fingerprint density at radius 1 is 1.47 bits per heavy atom. The van der Waals surface area contributed by atoms with E-state index in [-0.39, 0.29) is 12.0 Å². The fourth-order valence-electron chi connectivity index (χ4n) is 1.12. The molecule has 0 radical (unpaired) electrons. The van der Waals surface area contributed by atoms with E-state index in [4.69, 9.17) is 4.74 Å². The SMILES string of the molecule is CCOC(=O)C(C)Nc1ccc(I)cc1. The number of hydrogen-bond acceptors (Lipinski definition) is 3. The molecule has 0 bridgehead atoms. The average Bonchev–Trinajstić information content (AvgIpc) is 2.22. The Morgan fingerprint density at radius 2 is 2.07 bits per heavy atom. The van der Waals surface area contributed by atoms with Crippen molar-refractivity contribution in [2.24, 2.45) is 0 Å². The Morgan fingerprint density at radius 3 is 2.60 bits per heavy atom. The maximum atomic E-state index is 11.3. The minimum Gasteiger partial charge on any atom is -0.464 e. The Labute approximate surface area is 103 Å². The molecule has 1 rings (SSSR count). The Hall–Kier alpha value is -0.780. The molecule has 0 spiro atoms. The molecule has 0 aliphatic heterocycles. The zero-order valence-corrected chi connectivity index (χ0v) is 10.9. The second-order valence-corrected chi connectivity index (χ2v) is 4.37. The number of benzene rings is 1. The number of hydrogen-bond donors (Lipinski definition) is 1. The second-order valence-electron chi connectivity index (χ2n) is 3.12. The van der Waals surface area contributed by atoms with Crippen molar-refractivity contribution in [2.75, 3.05) is 11.9 Å². The van der Waals surface area contributed by atoms with Gasteiger partial charge < -0.3 is 10.1 Å². The number of carbonyl (C=O) groups excluding carboxylic acids is 1. The van der Waals surface area contributed by atoms with Gasteiger partial charge in [0.2, 0.25) is 0 Å². The van der Waals surface area contributed by atoms with Crippen molar-refractivity contribution in [3.63, 3.8) is 0 Å². The normalized spacial score (nSPS) is 11.9. The van der Waals surface area contributed by atoms with Gasteiger partial charge in [0.05, 0.1) is 6.61 Å². The summed E-state index contributed by atoms with van der Waals surface area (Å²) in [4.78, 5) is 11.3. The lowest BCUT2D eigenvalue weighted by Crippen LogP contribution is -2.28. The molecular weight excluding hydrogens is 305 g/mol. The first-order valence-corrected chi connectivity index (χ1v) is 5.90. The zero-order chi connectivity index (χ0) is 11.3. The molecular formula is C11H14INO2. The lowest BCUT2D eigenvalue weighted by molar-refractivity contribution is -0.143. The van der Waals surface area contributed by atoms with Crippen LogP contribution in [0.5, 0.6) is 0 Å². The van der Waals surface area contributed by atoms with E-state index in [0.29, 0.717) is 6.61 Å². The van der Waals surface area contributed by atoms with Gasteiger partial charge in [-0.25, -0.2) is 4.79 Å². The van der Waals surface area contributed by atoms with Crippen LogP contribution in [0.15, 0.2) is 24.3 Å². The summed E-state index contributed by atoms with van der Waals surface area (Å²) in [7, 11) is 0. The van der Waals surface area contributed by atoms with E-state index in [1.165, 1.54) is 3.57 Å². The summed E-state index contributed by atoms with van der Waals surface area (Å²) in [5.41, 5.74) is 0.927. The highest BCUT2D eigenvalue weighted by atomic mass is 127. The van der Waals surface area contributed by atoms with E-state index in [9.17, 15) is 4.79 Å². The lowest BCUT2D eigenvalue weighted by Gasteiger charge is -2.13. The summed E-state index contributed by atoms with van der Waals surface area (Å²) in [6, 6.07) is 7.54. The summed E-state index contributed by atoms with van der Waals surface area (Å²) in [5, 5.41) is 3.08. The molecule has 0 amide bonds. The van der Waals surface area contributed by atoms with Crippen LogP contribution in [0.2, 0.25) is 0 Å². The molecule has 1 N–H and O–H groups in total. The third-order valence-corrected chi connectivity index (χ3v) is 2.59. The molecule has 82 valence electrons. The third kappa shape index (κ3) is 4.07. The molecule has 0 saturated heterocycles. The molecule has 0 aliphatic rings. The molecule has 1 atom stereocenters. The van der Waals surface area contributed by atoms with Crippen molar-refractivity contribution in [2.45, 2.75) is 19.9 Å². The molecule has 3 nitrogen and oxygen atoms in total. The molecule has 0 saturated carbocycles. The molecule has 0 heterocycles. The summed E-state index contributed by atoms with van der Waals surface area (Å²) in [5.74, 6) is -0.226. The number of anilines is 1. The maximum Gasteiger partial charge on any atom is 0.328 e. The topological polar surface area (TPSA) is 38.3 Å². The number of nitrogens with one attached hydrogen (secondary N) is 1. The first-order valence-electron chi connectivity index (χ1n) is 4.82. The van der Waals surface area contributed by atoms with Gasteiger partial charge >= 0.3 is 5.97 Å². The minimum absolute atomic E-state index is 0.226. The standard InChI is InChI=1S/C11H14INO2/c1-3-15-11(14)8(2)13-10-6-4-9(12)5-7-10/h4-8,13H,3H2,1-2H3. The van der Waals surface area contributed by atoms with E-state index in [0.717, 1.165) is 5.69 Å². The number of carbonyl (C=O) groups is 1. The highest BCUT2D eigenvalue weighted by Gasteiger charge is 2.12. The van der Waals surface area contributed by atoms with Crippen LogP contribution in [0.4, 0.5) is 5.69 Å². The van der Waals surface area contributed by atoms with Crippen molar-refractivity contribution in [3.8, 4) is 0 Å². The van der Waals surface area contributed by atoms with Gasteiger partial charge in [-0.05, 0) is 60.7 Å². The monoisotopic (exact) mass is 319 g/mol. The van der Waals surface area contributed by atoms with Crippen molar-refractivity contribution in [1.29, 1.82) is 0 Å². The lowest BCUT2D eigenvalue weighted by atomic mass is 10.2. The van der Waals surface area contributed by atoms with E-state index >= 15 is 0 Å². The number of rotatable bonds is 4. The van der Waals surface area contributed by atoms with Crippen molar-refractivity contribution in [1.82, 2.24) is 0 Å². The molecule has 4 heteroatoms. The van der Waals surface area contributed by atoms with Gasteiger partial charge in [0, 0.05) is 9.26 Å².